The van der Waals surface area contributed by atoms with Crippen LogP contribution in [0.3, 0.4) is 0 Å². The molecular formula is C29H32N4O6. The third-order valence-corrected chi connectivity index (χ3v) is 8.21. The number of carbonyl (C=O) groups is 2. The zero-order chi connectivity index (χ0) is 27.3. The molecule has 0 unspecified atom stereocenters. The second kappa shape index (κ2) is 9.77. The van der Waals surface area contributed by atoms with Crippen LogP contribution < -0.4 is 15.6 Å². The van der Waals surface area contributed by atoms with Crippen LogP contribution in [-0.4, -0.2) is 72.8 Å². The van der Waals surface area contributed by atoms with Crippen molar-refractivity contribution in [2.75, 3.05) is 46.5 Å². The summed E-state index contributed by atoms with van der Waals surface area (Å²) in [5, 5.41) is 3.93. The summed E-state index contributed by atoms with van der Waals surface area (Å²) in [6, 6.07) is 7.50. The number of morpholine rings is 1. The van der Waals surface area contributed by atoms with Gasteiger partial charge in [0, 0.05) is 42.7 Å². The molecule has 3 aliphatic rings. The van der Waals surface area contributed by atoms with Gasteiger partial charge in [-0.25, -0.2) is 9.78 Å². The molecule has 204 valence electrons. The zero-order valence-electron chi connectivity index (χ0n) is 22.5. The van der Waals surface area contributed by atoms with E-state index in [-0.39, 0.29) is 12.0 Å². The summed E-state index contributed by atoms with van der Waals surface area (Å²) in [7, 11) is 1.63. The number of carbonyl (C=O) groups excluding carboxylic acids is 2. The monoisotopic (exact) mass is 532 g/mol. The van der Waals surface area contributed by atoms with Crippen LogP contribution in [0.4, 0.5) is 0 Å². The maximum Gasteiger partial charge on any atom is 0.345 e. The van der Waals surface area contributed by atoms with Crippen molar-refractivity contribution in [1.29, 1.82) is 0 Å². The van der Waals surface area contributed by atoms with Crippen LogP contribution in [0.1, 0.15) is 47.3 Å². The average molecular weight is 533 g/mol. The van der Waals surface area contributed by atoms with Gasteiger partial charge in [0.15, 0.2) is 0 Å². The number of methoxy groups -OCH3 is 1. The van der Waals surface area contributed by atoms with Crippen molar-refractivity contribution >= 4 is 22.8 Å². The number of nitrogens with zero attached hydrogens (tertiary/aromatic N) is 3. The van der Waals surface area contributed by atoms with Crippen LogP contribution >= 0.6 is 0 Å². The van der Waals surface area contributed by atoms with Crippen molar-refractivity contribution in [2.24, 2.45) is 0 Å². The number of nitrogens with one attached hydrogen (secondary N) is 1. The van der Waals surface area contributed by atoms with Gasteiger partial charge < -0.3 is 24.1 Å². The molecule has 0 aliphatic carbocycles. The van der Waals surface area contributed by atoms with Gasteiger partial charge in [-0.1, -0.05) is 13.8 Å². The predicted molar refractivity (Wildman–Crippen MR) is 144 cm³/mol. The summed E-state index contributed by atoms with van der Waals surface area (Å²) in [6.45, 7) is 8.19. The van der Waals surface area contributed by atoms with Crippen LogP contribution in [0, 0.1) is 0 Å². The normalized spacial score (nSPS) is 19.9. The van der Waals surface area contributed by atoms with Crippen molar-refractivity contribution in [3.8, 4) is 17.1 Å². The number of fused-ring (bicyclic) bond motifs is 5. The summed E-state index contributed by atoms with van der Waals surface area (Å²) in [5.41, 5.74) is 2.35. The number of hydrogen-bond acceptors (Lipinski definition) is 8. The topological polar surface area (TPSA) is 112 Å². The molecule has 0 spiro atoms. The first-order valence-corrected chi connectivity index (χ1v) is 13.5. The van der Waals surface area contributed by atoms with Gasteiger partial charge in [-0.15, -0.1) is 0 Å². The summed E-state index contributed by atoms with van der Waals surface area (Å²) >= 11 is 0. The number of hydrogen-bond donors (Lipinski definition) is 1. The Hall–Kier alpha value is -3.76. The van der Waals surface area contributed by atoms with Gasteiger partial charge in [0.05, 0.1) is 43.8 Å². The first-order chi connectivity index (χ1) is 18.9. The molecule has 0 radical (unpaired) electrons. The fourth-order valence-corrected chi connectivity index (χ4v) is 6.09. The van der Waals surface area contributed by atoms with Crippen LogP contribution in [0.5, 0.6) is 5.75 Å². The van der Waals surface area contributed by atoms with Crippen LogP contribution in [0.2, 0.25) is 0 Å². The lowest BCUT2D eigenvalue weighted by atomic mass is 9.88. The molecule has 1 atom stereocenters. The molecule has 10 heteroatoms. The number of amides is 1. The third-order valence-electron chi connectivity index (χ3n) is 8.21. The number of pyridine rings is 2. The number of benzene rings is 1. The first kappa shape index (κ1) is 25.5. The Morgan fingerprint density at radius 1 is 1.18 bits per heavy atom. The van der Waals surface area contributed by atoms with E-state index in [1.165, 1.54) is 0 Å². The molecular weight excluding hydrogens is 500 g/mol. The Bertz CT molecular complexity index is 1560. The van der Waals surface area contributed by atoms with Gasteiger partial charge in [0.1, 0.15) is 11.3 Å². The molecule has 1 fully saturated rings. The molecule has 6 rings (SSSR count). The Kier molecular flexibility index (Phi) is 6.39. The van der Waals surface area contributed by atoms with Crippen molar-refractivity contribution in [1.82, 2.24) is 19.8 Å². The fourth-order valence-electron chi connectivity index (χ4n) is 6.09. The number of esters is 1. The van der Waals surface area contributed by atoms with E-state index in [1.807, 2.05) is 18.2 Å². The minimum atomic E-state index is -1.56. The molecule has 1 aromatic carbocycles. The Morgan fingerprint density at radius 3 is 2.69 bits per heavy atom. The number of aryl methyl sites for hydroxylation is 1. The van der Waals surface area contributed by atoms with Gasteiger partial charge >= 0.3 is 5.97 Å². The average Bonchev–Trinajstić information content (AvgIpc) is 3.47. The first-order valence-electron chi connectivity index (χ1n) is 13.5. The molecule has 1 N–H and O–H groups in total. The van der Waals surface area contributed by atoms with Crippen LogP contribution in [0.15, 0.2) is 29.1 Å². The summed E-state index contributed by atoms with van der Waals surface area (Å²) in [4.78, 5) is 47.5. The van der Waals surface area contributed by atoms with Gasteiger partial charge in [-0.2, -0.15) is 0 Å². The van der Waals surface area contributed by atoms with E-state index in [1.54, 1.807) is 24.7 Å². The molecule has 5 heterocycles. The Morgan fingerprint density at radius 2 is 1.97 bits per heavy atom. The minimum Gasteiger partial charge on any atom is -0.497 e. The quantitative estimate of drug-likeness (QED) is 0.361. The number of rotatable bonds is 7. The van der Waals surface area contributed by atoms with Crippen molar-refractivity contribution in [2.45, 2.75) is 38.8 Å². The van der Waals surface area contributed by atoms with Crippen LogP contribution in [-0.2, 0) is 32.8 Å². The molecule has 2 aromatic heterocycles. The lowest BCUT2D eigenvalue weighted by Gasteiger charge is -2.29. The maximum atomic E-state index is 13.7. The smallest absolute Gasteiger partial charge is 0.345 e. The SMILES string of the molecule is CCc1c2c(nc3ccc(OC)cc13)-c1cc3c(c(=O)n1C2)C(=O)O[C@@]3(CC)C(=O)NCCN1CCOCC1. The second-order valence-corrected chi connectivity index (χ2v) is 10.1. The molecule has 3 aliphatic heterocycles. The third kappa shape index (κ3) is 3.92. The lowest BCUT2D eigenvalue weighted by Crippen LogP contribution is -2.48. The van der Waals surface area contributed by atoms with E-state index in [9.17, 15) is 14.4 Å². The molecule has 10 nitrogen and oxygen atoms in total. The van der Waals surface area contributed by atoms with E-state index < -0.39 is 23.0 Å². The lowest BCUT2D eigenvalue weighted by molar-refractivity contribution is -0.140. The molecule has 0 saturated carbocycles. The molecule has 1 amide bonds. The van der Waals surface area contributed by atoms with Crippen molar-refractivity contribution in [3.63, 3.8) is 0 Å². The Balaban J connectivity index is 1.41. The summed E-state index contributed by atoms with van der Waals surface area (Å²) in [5.74, 6) is -0.438. The second-order valence-electron chi connectivity index (χ2n) is 10.1. The number of ether oxygens (including phenoxy) is 3. The zero-order valence-corrected chi connectivity index (χ0v) is 22.5. The maximum absolute atomic E-state index is 13.7. The van der Waals surface area contributed by atoms with Gasteiger partial charge in [0.2, 0.25) is 5.60 Å². The van der Waals surface area contributed by atoms with Gasteiger partial charge in [0.25, 0.3) is 11.5 Å². The van der Waals surface area contributed by atoms with Gasteiger partial charge in [-0.3, -0.25) is 14.5 Å². The largest absolute Gasteiger partial charge is 0.497 e. The van der Waals surface area contributed by atoms with Crippen LogP contribution in [0.25, 0.3) is 22.3 Å². The van der Waals surface area contributed by atoms with E-state index in [0.717, 1.165) is 47.3 Å². The summed E-state index contributed by atoms with van der Waals surface area (Å²) < 4.78 is 18.1. The molecule has 3 aromatic rings. The summed E-state index contributed by atoms with van der Waals surface area (Å²) in [6.07, 6.45) is 0.944. The molecule has 39 heavy (non-hydrogen) atoms. The van der Waals surface area contributed by atoms with Crippen molar-refractivity contribution < 1.29 is 23.8 Å². The highest BCUT2D eigenvalue weighted by Crippen LogP contribution is 2.43. The van der Waals surface area contributed by atoms with Gasteiger partial charge in [-0.05, 0) is 42.7 Å². The highest BCUT2D eigenvalue weighted by atomic mass is 16.6. The fraction of sp³-hybridized carbons (Fsp3) is 0.448. The Labute approximate surface area is 225 Å². The molecule has 1 saturated heterocycles. The molecule has 0 bridgehead atoms. The highest BCUT2D eigenvalue weighted by Gasteiger charge is 2.52. The van der Waals surface area contributed by atoms with Crippen molar-refractivity contribution in [3.05, 3.63) is 56.9 Å². The number of cyclic esters (lactones) is 1. The standard InChI is InChI=1S/C29H32N4O6/c1-4-18-19-14-17(37-3)6-7-22(19)31-25-20(18)16-33-23(25)15-21-24(26(33)34)27(35)39-29(21,5-2)28(36)30-8-9-32-10-12-38-13-11-32/h6-7,14-15H,4-5,8-13,16H2,1-3H3,(H,30,36)/t29-/m1/s1. The minimum absolute atomic E-state index is 0.0685. The van der Waals surface area contributed by atoms with E-state index >= 15 is 0 Å². The van der Waals surface area contributed by atoms with E-state index in [2.05, 4.69) is 17.1 Å². The number of aromatic nitrogens is 2. The van der Waals surface area contributed by atoms with E-state index in [4.69, 9.17) is 19.2 Å². The highest BCUT2D eigenvalue weighted by molar-refractivity contribution is 6.02. The predicted octanol–water partition coefficient (Wildman–Crippen LogP) is 2.22. The van der Waals surface area contributed by atoms with E-state index in [0.29, 0.717) is 49.8 Å².